The Hall–Kier alpha value is -2.51. The Morgan fingerprint density at radius 1 is 1.18 bits per heavy atom. The predicted octanol–water partition coefficient (Wildman–Crippen LogP) is 4.21. The van der Waals surface area contributed by atoms with Crippen LogP contribution in [-0.2, 0) is 6.54 Å². The van der Waals surface area contributed by atoms with Crippen molar-refractivity contribution in [2.75, 3.05) is 37.8 Å². The molecule has 1 fully saturated rings. The zero-order valence-corrected chi connectivity index (χ0v) is 17.0. The average molecular weight is 397 g/mol. The Morgan fingerprint density at radius 2 is 2.00 bits per heavy atom. The molecule has 2 heterocycles. The summed E-state index contributed by atoms with van der Waals surface area (Å²) in [5, 5.41) is 3.00. The number of amides is 2. The van der Waals surface area contributed by atoms with Gasteiger partial charge in [-0.15, -0.1) is 11.8 Å². The first-order valence-electron chi connectivity index (χ1n) is 9.39. The SMILES string of the molecule is CSc1cccc(NC(=O)N2CCN(Cc3nc4cc(C)ccc4o3)CC2)c1. The van der Waals surface area contributed by atoms with Gasteiger partial charge in [0.05, 0.1) is 6.54 Å². The molecule has 3 aromatic rings. The van der Waals surface area contributed by atoms with Crippen LogP contribution in [0.15, 0.2) is 51.8 Å². The van der Waals surface area contributed by atoms with Gasteiger partial charge in [-0.25, -0.2) is 9.78 Å². The van der Waals surface area contributed by atoms with E-state index in [9.17, 15) is 4.79 Å². The second kappa shape index (κ2) is 8.24. The number of carbonyl (C=O) groups is 1. The standard InChI is InChI=1S/C21H24N4O2S/c1-15-6-7-19-18(12-15)23-20(27-19)14-24-8-10-25(11-9-24)21(26)22-16-4-3-5-17(13-16)28-2/h3-7,12-13H,8-11,14H2,1-2H3,(H,22,26). The van der Waals surface area contributed by atoms with Gasteiger partial charge >= 0.3 is 6.03 Å². The van der Waals surface area contributed by atoms with E-state index in [4.69, 9.17) is 4.42 Å². The highest BCUT2D eigenvalue weighted by molar-refractivity contribution is 7.98. The molecule has 4 rings (SSSR count). The van der Waals surface area contributed by atoms with Crippen LogP contribution < -0.4 is 5.32 Å². The van der Waals surface area contributed by atoms with Crippen LogP contribution in [0.3, 0.4) is 0 Å². The third kappa shape index (κ3) is 4.31. The van der Waals surface area contributed by atoms with Crippen LogP contribution in [0.1, 0.15) is 11.5 Å². The first-order chi connectivity index (χ1) is 13.6. The predicted molar refractivity (Wildman–Crippen MR) is 113 cm³/mol. The monoisotopic (exact) mass is 396 g/mol. The van der Waals surface area contributed by atoms with Crippen molar-refractivity contribution in [2.45, 2.75) is 18.4 Å². The average Bonchev–Trinajstić information content (AvgIpc) is 3.10. The number of aromatic nitrogens is 1. The molecule has 28 heavy (non-hydrogen) atoms. The van der Waals surface area contributed by atoms with Crippen molar-refractivity contribution < 1.29 is 9.21 Å². The van der Waals surface area contributed by atoms with E-state index in [0.29, 0.717) is 19.6 Å². The number of piperazine rings is 1. The third-order valence-electron chi connectivity index (χ3n) is 4.93. The molecule has 0 bridgehead atoms. The van der Waals surface area contributed by atoms with Crippen molar-refractivity contribution in [2.24, 2.45) is 0 Å². The van der Waals surface area contributed by atoms with E-state index < -0.39 is 0 Å². The summed E-state index contributed by atoms with van der Waals surface area (Å²) in [6.45, 7) is 5.70. The van der Waals surface area contributed by atoms with Crippen molar-refractivity contribution in [3.8, 4) is 0 Å². The number of benzene rings is 2. The maximum atomic E-state index is 12.5. The van der Waals surface area contributed by atoms with Crippen LogP contribution in [-0.4, -0.2) is 53.2 Å². The minimum atomic E-state index is -0.0461. The number of nitrogens with one attached hydrogen (secondary N) is 1. The number of hydrogen-bond donors (Lipinski definition) is 1. The lowest BCUT2D eigenvalue weighted by Crippen LogP contribution is -2.49. The zero-order valence-electron chi connectivity index (χ0n) is 16.1. The molecule has 1 aliphatic rings. The van der Waals surface area contributed by atoms with Gasteiger partial charge in [-0.05, 0) is 49.1 Å². The van der Waals surface area contributed by atoms with Gasteiger partial charge in [0, 0.05) is 36.8 Å². The van der Waals surface area contributed by atoms with Gasteiger partial charge in [0.15, 0.2) is 5.58 Å². The van der Waals surface area contributed by atoms with E-state index in [-0.39, 0.29) is 6.03 Å². The highest BCUT2D eigenvalue weighted by Gasteiger charge is 2.22. The van der Waals surface area contributed by atoms with E-state index in [1.807, 2.05) is 53.6 Å². The molecule has 0 aliphatic carbocycles. The number of hydrogen-bond acceptors (Lipinski definition) is 5. The van der Waals surface area contributed by atoms with E-state index >= 15 is 0 Å². The molecule has 2 aromatic carbocycles. The maximum Gasteiger partial charge on any atom is 0.321 e. The summed E-state index contributed by atoms with van der Waals surface area (Å²) < 4.78 is 5.85. The first kappa shape index (κ1) is 18.8. The molecular formula is C21H24N4O2S. The van der Waals surface area contributed by atoms with Gasteiger partial charge in [-0.2, -0.15) is 0 Å². The number of thioether (sulfide) groups is 1. The summed E-state index contributed by atoms with van der Waals surface area (Å²) in [4.78, 5) is 22.4. The van der Waals surface area contributed by atoms with Gasteiger partial charge in [0.25, 0.3) is 0 Å². The molecular weight excluding hydrogens is 372 g/mol. The van der Waals surface area contributed by atoms with E-state index in [1.165, 1.54) is 5.56 Å². The normalized spacial score (nSPS) is 15.1. The summed E-state index contributed by atoms with van der Waals surface area (Å²) >= 11 is 1.66. The number of anilines is 1. The Kier molecular flexibility index (Phi) is 5.54. The number of rotatable bonds is 4. The molecule has 1 N–H and O–H groups in total. The highest BCUT2D eigenvalue weighted by atomic mass is 32.2. The van der Waals surface area contributed by atoms with Gasteiger partial charge in [0.1, 0.15) is 5.52 Å². The fraction of sp³-hybridized carbons (Fsp3) is 0.333. The maximum absolute atomic E-state index is 12.5. The van der Waals surface area contributed by atoms with Crippen LogP contribution in [0.25, 0.3) is 11.1 Å². The summed E-state index contributed by atoms with van der Waals surface area (Å²) in [5.41, 5.74) is 3.74. The lowest BCUT2D eigenvalue weighted by Gasteiger charge is -2.34. The van der Waals surface area contributed by atoms with E-state index in [1.54, 1.807) is 11.8 Å². The number of aryl methyl sites for hydroxylation is 1. The number of oxazole rings is 1. The fourth-order valence-corrected chi connectivity index (χ4v) is 3.82. The summed E-state index contributed by atoms with van der Waals surface area (Å²) in [6.07, 6.45) is 2.03. The molecule has 1 aliphatic heterocycles. The molecule has 6 nitrogen and oxygen atoms in total. The van der Waals surface area contributed by atoms with Crippen LogP contribution in [0.4, 0.5) is 10.5 Å². The van der Waals surface area contributed by atoms with Gasteiger partial charge in [-0.1, -0.05) is 12.1 Å². The second-order valence-electron chi connectivity index (χ2n) is 7.00. The summed E-state index contributed by atoms with van der Waals surface area (Å²) in [5.74, 6) is 0.729. The smallest absolute Gasteiger partial charge is 0.321 e. The minimum absolute atomic E-state index is 0.0461. The molecule has 0 saturated carbocycles. The molecule has 0 unspecified atom stereocenters. The van der Waals surface area contributed by atoms with Crippen molar-refractivity contribution >= 4 is 34.6 Å². The van der Waals surface area contributed by atoms with Crippen molar-refractivity contribution in [3.63, 3.8) is 0 Å². The topological polar surface area (TPSA) is 61.6 Å². The van der Waals surface area contributed by atoms with Crippen LogP contribution >= 0.6 is 11.8 Å². The molecule has 0 spiro atoms. The van der Waals surface area contributed by atoms with Crippen LogP contribution in [0.5, 0.6) is 0 Å². The molecule has 2 amide bonds. The van der Waals surface area contributed by atoms with Crippen molar-refractivity contribution in [1.29, 1.82) is 0 Å². The number of fused-ring (bicyclic) bond motifs is 1. The van der Waals surface area contributed by atoms with Crippen LogP contribution in [0.2, 0.25) is 0 Å². The first-order valence-corrected chi connectivity index (χ1v) is 10.6. The number of urea groups is 1. The Balaban J connectivity index is 1.31. The molecule has 7 heteroatoms. The minimum Gasteiger partial charge on any atom is -0.439 e. The molecule has 1 saturated heterocycles. The van der Waals surface area contributed by atoms with E-state index in [2.05, 4.69) is 22.1 Å². The molecule has 0 atom stereocenters. The number of nitrogens with zero attached hydrogens (tertiary/aromatic N) is 3. The summed E-state index contributed by atoms with van der Waals surface area (Å²) in [7, 11) is 0. The van der Waals surface area contributed by atoms with E-state index in [0.717, 1.165) is 40.7 Å². The Bertz CT molecular complexity index is 979. The lowest BCUT2D eigenvalue weighted by atomic mass is 10.2. The fourth-order valence-electron chi connectivity index (χ4n) is 3.36. The molecule has 1 aromatic heterocycles. The largest absolute Gasteiger partial charge is 0.439 e. The van der Waals surface area contributed by atoms with Crippen molar-refractivity contribution in [1.82, 2.24) is 14.8 Å². The van der Waals surface area contributed by atoms with Gasteiger partial charge in [-0.3, -0.25) is 4.90 Å². The molecule has 146 valence electrons. The second-order valence-corrected chi connectivity index (χ2v) is 7.88. The highest BCUT2D eigenvalue weighted by Crippen LogP contribution is 2.20. The third-order valence-corrected chi connectivity index (χ3v) is 5.65. The lowest BCUT2D eigenvalue weighted by molar-refractivity contribution is 0.136. The van der Waals surface area contributed by atoms with Crippen molar-refractivity contribution in [3.05, 3.63) is 53.9 Å². The van der Waals surface area contributed by atoms with Crippen LogP contribution in [0, 0.1) is 6.92 Å². The summed E-state index contributed by atoms with van der Waals surface area (Å²) in [6, 6.07) is 13.9. The Labute approximate surface area is 168 Å². The number of carbonyl (C=O) groups excluding carboxylic acids is 1. The van der Waals surface area contributed by atoms with Gasteiger partial charge < -0.3 is 14.6 Å². The zero-order chi connectivity index (χ0) is 19.5. The quantitative estimate of drug-likeness (QED) is 0.670. The Morgan fingerprint density at radius 3 is 2.79 bits per heavy atom. The molecule has 0 radical (unpaired) electrons. The van der Waals surface area contributed by atoms with Gasteiger partial charge in [0.2, 0.25) is 5.89 Å².